The SMILES string of the molecule is C/C=C(\C=C/C(C)C(F)(F)F)S(=O)(=O)NC1CCC(C)CC1. The van der Waals surface area contributed by atoms with Crippen molar-refractivity contribution in [1.82, 2.24) is 4.72 Å². The maximum atomic E-state index is 12.5. The molecule has 0 saturated heterocycles. The standard InChI is InChI=1S/C15H24F3NO2S/c1-4-14(10-7-12(3)15(16,17)18)22(20,21)19-13-8-5-11(2)6-9-13/h4,7,10-13,19H,5-6,8-9H2,1-3H3/b10-7-,14-4+. The van der Waals surface area contributed by atoms with Crippen LogP contribution < -0.4 is 4.72 Å². The van der Waals surface area contributed by atoms with E-state index in [1.165, 1.54) is 13.0 Å². The highest BCUT2D eigenvalue weighted by Crippen LogP contribution is 2.28. The van der Waals surface area contributed by atoms with Gasteiger partial charge in [0.2, 0.25) is 10.0 Å². The van der Waals surface area contributed by atoms with Gasteiger partial charge in [-0.3, -0.25) is 0 Å². The zero-order valence-electron chi connectivity index (χ0n) is 13.2. The fourth-order valence-corrected chi connectivity index (χ4v) is 3.73. The summed E-state index contributed by atoms with van der Waals surface area (Å²) >= 11 is 0. The van der Waals surface area contributed by atoms with Crippen LogP contribution in [0.25, 0.3) is 0 Å². The van der Waals surface area contributed by atoms with E-state index in [0.717, 1.165) is 44.8 Å². The highest BCUT2D eigenvalue weighted by Gasteiger charge is 2.34. The van der Waals surface area contributed by atoms with E-state index in [1.54, 1.807) is 0 Å². The van der Waals surface area contributed by atoms with E-state index in [4.69, 9.17) is 0 Å². The van der Waals surface area contributed by atoms with Crippen LogP contribution in [-0.4, -0.2) is 20.6 Å². The summed E-state index contributed by atoms with van der Waals surface area (Å²) in [4.78, 5) is -0.123. The Bertz CT molecular complexity index is 515. The smallest absolute Gasteiger partial charge is 0.208 e. The minimum atomic E-state index is -4.37. The first-order valence-electron chi connectivity index (χ1n) is 7.49. The quantitative estimate of drug-likeness (QED) is 0.765. The predicted molar refractivity (Wildman–Crippen MR) is 81.6 cm³/mol. The number of hydrogen-bond acceptors (Lipinski definition) is 2. The molecule has 0 amide bonds. The number of allylic oxidation sites excluding steroid dienone is 3. The van der Waals surface area contributed by atoms with Gasteiger partial charge in [0.1, 0.15) is 0 Å². The van der Waals surface area contributed by atoms with E-state index >= 15 is 0 Å². The van der Waals surface area contributed by atoms with Crippen molar-refractivity contribution in [2.75, 3.05) is 0 Å². The second-order valence-electron chi connectivity index (χ2n) is 5.96. The molecule has 1 N–H and O–H groups in total. The van der Waals surface area contributed by atoms with Gasteiger partial charge < -0.3 is 0 Å². The Hall–Kier alpha value is -0.820. The second kappa shape index (κ2) is 7.64. The van der Waals surface area contributed by atoms with Crippen LogP contribution in [0.2, 0.25) is 0 Å². The van der Waals surface area contributed by atoms with E-state index < -0.39 is 22.1 Å². The molecule has 0 heterocycles. The van der Waals surface area contributed by atoms with Gasteiger partial charge in [-0.25, -0.2) is 13.1 Å². The van der Waals surface area contributed by atoms with Crippen molar-refractivity contribution in [2.45, 2.75) is 58.7 Å². The Balaban J connectivity index is 2.75. The molecule has 0 aromatic carbocycles. The van der Waals surface area contributed by atoms with Gasteiger partial charge >= 0.3 is 6.18 Å². The van der Waals surface area contributed by atoms with Crippen LogP contribution in [0.5, 0.6) is 0 Å². The number of nitrogens with one attached hydrogen (secondary N) is 1. The van der Waals surface area contributed by atoms with Gasteiger partial charge in [-0.1, -0.05) is 26.0 Å². The summed E-state index contributed by atoms with van der Waals surface area (Å²) in [6, 6.07) is -0.135. The lowest BCUT2D eigenvalue weighted by Crippen LogP contribution is -2.37. The normalized spacial score (nSPS) is 26.4. The molecule has 0 bridgehead atoms. The number of alkyl halides is 3. The molecule has 0 spiro atoms. The number of halogens is 3. The van der Waals surface area contributed by atoms with Crippen LogP contribution in [-0.2, 0) is 10.0 Å². The lowest BCUT2D eigenvalue weighted by Gasteiger charge is -2.26. The monoisotopic (exact) mass is 339 g/mol. The molecule has 3 nitrogen and oxygen atoms in total. The lowest BCUT2D eigenvalue weighted by molar-refractivity contribution is -0.156. The molecule has 7 heteroatoms. The Kier molecular flexibility index (Phi) is 6.67. The predicted octanol–water partition coefficient (Wildman–Crippen LogP) is 4.14. The highest BCUT2D eigenvalue weighted by molar-refractivity contribution is 7.93. The molecule has 0 radical (unpaired) electrons. The third-order valence-electron chi connectivity index (χ3n) is 4.00. The minimum absolute atomic E-state index is 0.123. The van der Waals surface area contributed by atoms with E-state index in [1.807, 2.05) is 0 Å². The topological polar surface area (TPSA) is 46.2 Å². The van der Waals surface area contributed by atoms with Crippen LogP contribution in [0.3, 0.4) is 0 Å². The average Bonchev–Trinajstić information content (AvgIpc) is 2.40. The lowest BCUT2D eigenvalue weighted by atomic mass is 9.88. The van der Waals surface area contributed by atoms with Crippen LogP contribution in [0.15, 0.2) is 23.1 Å². The summed E-state index contributed by atoms with van der Waals surface area (Å²) in [6.07, 6.45) is 2.29. The first-order valence-corrected chi connectivity index (χ1v) is 8.98. The highest BCUT2D eigenvalue weighted by atomic mass is 32.2. The van der Waals surface area contributed by atoms with Crippen LogP contribution >= 0.6 is 0 Å². The fraction of sp³-hybridized carbons (Fsp3) is 0.733. The molecule has 1 aliphatic rings. The molecular formula is C15H24F3NO2S. The van der Waals surface area contributed by atoms with Gasteiger partial charge in [-0.2, -0.15) is 13.2 Å². The van der Waals surface area contributed by atoms with E-state index in [-0.39, 0.29) is 10.9 Å². The number of rotatable bonds is 5. The Morgan fingerprint density at radius 3 is 2.23 bits per heavy atom. The molecule has 0 aromatic heterocycles. The van der Waals surface area contributed by atoms with Crippen molar-refractivity contribution in [3.05, 3.63) is 23.1 Å². The zero-order chi connectivity index (χ0) is 17.0. The summed E-state index contributed by atoms with van der Waals surface area (Å²) in [5, 5.41) is 0. The van der Waals surface area contributed by atoms with E-state index in [9.17, 15) is 21.6 Å². The third kappa shape index (κ3) is 5.76. The van der Waals surface area contributed by atoms with Crippen molar-refractivity contribution < 1.29 is 21.6 Å². The van der Waals surface area contributed by atoms with Gasteiger partial charge in [-0.05, 0) is 44.6 Å². The van der Waals surface area contributed by atoms with E-state index in [0.29, 0.717) is 5.92 Å². The van der Waals surface area contributed by atoms with Gasteiger partial charge in [0.25, 0.3) is 0 Å². The van der Waals surface area contributed by atoms with Crippen molar-refractivity contribution in [3.63, 3.8) is 0 Å². The minimum Gasteiger partial charge on any atom is -0.208 e. The maximum absolute atomic E-state index is 12.5. The molecule has 128 valence electrons. The zero-order valence-corrected chi connectivity index (χ0v) is 14.0. The van der Waals surface area contributed by atoms with Crippen molar-refractivity contribution >= 4 is 10.0 Å². The molecule has 1 unspecified atom stereocenters. The first kappa shape index (κ1) is 19.2. The van der Waals surface area contributed by atoms with E-state index in [2.05, 4.69) is 11.6 Å². The summed E-state index contributed by atoms with van der Waals surface area (Å²) in [5.74, 6) is -1.09. The van der Waals surface area contributed by atoms with Crippen molar-refractivity contribution in [2.24, 2.45) is 11.8 Å². The van der Waals surface area contributed by atoms with Crippen LogP contribution in [0.1, 0.15) is 46.5 Å². The first-order chi connectivity index (χ1) is 10.1. The Morgan fingerprint density at radius 1 is 1.23 bits per heavy atom. The van der Waals surface area contributed by atoms with Crippen LogP contribution in [0, 0.1) is 11.8 Å². The average molecular weight is 339 g/mol. The summed E-state index contributed by atoms with van der Waals surface area (Å²) in [7, 11) is -3.77. The Labute approximate surface area is 130 Å². The summed E-state index contributed by atoms with van der Waals surface area (Å²) in [5.41, 5.74) is 0. The largest absolute Gasteiger partial charge is 0.394 e. The number of hydrogen-bond donors (Lipinski definition) is 1. The molecule has 1 saturated carbocycles. The summed E-state index contributed by atoms with van der Waals surface area (Å²) in [6.45, 7) is 4.62. The van der Waals surface area contributed by atoms with Crippen molar-refractivity contribution in [3.8, 4) is 0 Å². The maximum Gasteiger partial charge on any atom is 0.394 e. The third-order valence-corrected chi connectivity index (χ3v) is 5.63. The van der Waals surface area contributed by atoms with Gasteiger partial charge in [0.15, 0.2) is 0 Å². The van der Waals surface area contributed by atoms with Gasteiger partial charge in [0.05, 0.1) is 10.8 Å². The molecule has 0 aromatic rings. The van der Waals surface area contributed by atoms with Crippen molar-refractivity contribution in [1.29, 1.82) is 0 Å². The molecule has 22 heavy (non-hydrogen) atoms. The van der Waals surface area contributed by atoms with Gasteiger partial charge in [0, 0.05) is 6.04 Å². The fourth-order valence-electron chi connectivity index (χ4n) is 2.35. The Morgan fingerprint density at radius 2 is 1.77 bits per heavy atom. The molecule has 0 aliphatic heterocycles. The molecule has 1 fully saturated rings. The molecular weight excluding hydrogens is 315 g/mol. The van der Waals surface area contributed by atoms with Crippen LogP contribution in [0.4, 0.5) is 13.2 Å². The molecule has 1 aliphatic carbocycles. The summed E-state index contributed by atoms with van der Waals surface area (Å²) < 4.78 is 64.5. The molecule has 1 atom stereocenters. The number of sulfonamides is 1. The van der Waals surface area contributed by atoms with Gasteiger partial charge in [-0.15, -0.1) is 0 Å². The molecule has 1 rings (SSSR count). The second-order valence-corrected chi connectivity index (χ2v) is 7.67.